The van der Waals surface area contributed by atoms with Crippen LogP contribution in [0.3, 0.4) is 0 Å². The summed E-state index contributed by atoms with van der Waals surface area (Å²) in [6, 6.07) is 22.5. The number of halogens is 2. The first-order valence-corrected chi connectivity index (χ1v) is 10.3. The minimum Gasteiger partial charge on any atom is -0.478 e. The number of hydrogen-bond donors (Lipinski definition) is 2. The van der Waals surface area contributed by atoms with Crippen LogP contribution in [0.15, 0.2) is 91.0 Å². The van der Waals surface area contributed by atoms with E-state index in [9.17, 15) is 18.4 Å². The molecule has 5 nitrogen and oxygen atoms in total. The van der Waals surface area contributed by atoms with Crippen LogP contribution in [0, 0.1) is 11.6 Å². The minimum atomic E-state index is -1.03. The van der Waals surface area contributed by atoms with Gasteiger partial charge >= 0.3 is 5.97 Å². The highest BCUT2D eigenvalue weighted by Gasteiger charge is 2.16. The van der Waals surface area contributed by atoms with E-state index >= 15 is 0 Å². The number of aromatic carboxylic acids is 1. The van der Waals surface area contributed by atoms with Gasteiger partial charge in [-0.25, -0.2) is 13.6 Å². The fourth-order valence-electron chi connectivity index (χ4n) is 3.29. The molecule has 0 aromatic heterocycles. The molecule has 0 fully saturated rings. The molecule has 4 aromatic carbocycles. The molecule has 4 rings (SSSR count). The molecule has 0 atom stereocenters. The Labute approximate surface area is 194 Å². The van der Waals surface area contributed by atoms with E-state index in [1.165, 1.54) is 48.5 Å². The van der Waals surface area contributed by atoms with Gasteiger partial charge in [-0.15, -0.1) is 0 Å². The first-order valence-electron chi connectivity index (χ1n) is 10.3. The topological polar surface area (TPSA) is 75.6 Å². The fourth-order valence-corrected chi connectivity index (χ4v) is 3.29. The smallest absolute Gasteiger partial charge is 0.335 e. The van der Waals surface area contributed by atoms with Crippen LogP contribution in [0.2, 0.25) is 0 Å². The van der Waals surface area contributed by atoms with E-state index in [2.05, 4.69) is 5.32 Å². The van der Waals surface area contributed by atoms with Gasteiger partial charge < -0.3 is 15.2 Å². The molecule has 0 heterocycles. The molecule has 0 saturated heterocycles. The van der Waals surface area contributed by atoms with E-state index in [1.54, 1.807) is 42.5 Å². The molecule has 0 saturated carbocycles. The first kappa shape index (κ1) is 22.7. The Morgan fingerprint density at radius 3 is 1.97 bits per heavy atom. The van der Waals surface area contributed by atoms with Gasteiger partial charge in [0.2, 0.25) is 0 Å². The van der Waals surface area contributed by atoms with Crippen molar-refractivity contribution >= 4 is 11.9 Å². The Hall–Kier alpha value is -4.52. The lowest BCUT2D eigenvalue weighted by atomic mass is 10.0. The largest absolute Gasteiger partial charge is 0.478 e. The number of carbonyl (C=O) groups is 2. The van der Waals surface area contributed by atoms with E-state index in [4.69, 9.17) is 9.84 Å². The summed E-state index contributed by atoms with van der Waals surface area (Å²) in [5.41, 5.74) is 2.50. The number of rotatable bonds is 7. The van der Waals surface area contributed by atoms with E-state index < -0.39 is 17.7 Å². The number of amides is 1. The van der Waals surface area contributed by atoms with Crippen LogP contribution in [-0.4, -0.2) is 17.0 Å². The number of nitrogens with one attached hydrogen (secondary N) is 1. The van der Waals surface area contributed by atoms with Gasteiger partial charge in [-0.3, -0.25) is 4.79 Å². The van der Waals surface area contributed by atoms with Crippen LogP contribution in [0.1, 0.15) is 26.3 Å². The molecule has 7 heteroatoms. The highest BCUT2D eigenvalue weighted by atomic mass is 19.1. The van der Waals surface area contributed by atoms with Crippen LogP contribution in [-0.2, 0) is 6.54 Å². The maximum atomic E-state index is 13.3. The standard InChI is InChI=1S/C27H19F2NO4/c28-21-8-5-18(6-9-21)20-7-14-25(34-23-12-10-22(29)11-13-23)24(15-20)26(31)30-16-17-1-3-19(4-2-17)27(32)33/h1-15H,16H2,(H,30,31)(H,32,33). The van der Waals surface area contributed by atoms with Crippen LogP contribution in [0.25, 0.3) is 11.1 Å². The van der Waals surface area contributed by atoms with Crippen LogP contribution >= 0.6 is 0 Å². The van der Waals surface area contributed by atoms with Gasteiger partial charge in [0.1, 0.15) is 23.1 Å². The summed E-state index contributed by atoms with van der Waals surface area (Å²) in [6.07, 6.45) is 0. The third-order valence-electron chi connectivity index (χ3n) is 5.10. The number of benzene rings is 4. The predicted molar refractivity (Wildman–Crippen MR) is 123 cm³/mol. The molecule has 0 bridgehead atoms. The summed E-state index contributed by atoms with van der Waals surface area (Å²) < 4.78 is 32.4. The molecule has 4 aromatic rings. The van der Waals surface area contributed by atoms with Crippen molar-refractivity contribution in [1.82, 2.24) is 5.32 Å². The van der Waals surface area contributed by atoms with Gasteiger partial charge in [0.25, 0.3) is 5.91 Å². The summed E-state index contributed by atoms with van der Waals surface area (Å²) in [5, 5.41) is 11.8. The summed E-state index contributed by atoms with van der Waals surface area (Å²) in [7, 11) is 0. The monoisotopic (exact) mass is 459 g/mol. The molecule has 2 N–H and O–H groups in total. The second-order valence-electron chi connectivity index (χ2n) is 7.46. The van der Waals surface area contributed by atoms with E-state index in [-0.39, 0.29) is 29.2 Å². The quantitative estimate of drug-likeness (QED) is 0.353. The molecule has 34 heavy (non-hydrogen) atoms. The maximum absolute atomic E-state index is 13.3. The number of carboxylic acid groups (broad SMARTS) is 1. The average Bonchev–Trinajstić information content (AvgIpc) is 2.85. The second-order valence-corrected chi connectivity index (χ2v) is 7.46. The fraction of sp³-hybridized carbons (Fsp3) is 0.0370. The Morgan fingerprint density at radius 2 is 1.35 bits per heavy atom. The van der Waals surface area contributed by atoms with Crippen molar-refractivity contribution in [2.45, 2.75) is 6.54 Å². The SMILES string of the molecule is O=C(O)c1ccc(CNC(=O)c2cc(-c3ccc(F)cc3)ccc2Oc2ccc(F)cc2)cc1. The first-order chi connectivity index (χ1) is 16.4. The summed E-state index contributed by atoms with van der Waals surface area (Å²) >= 11 is 0. The number of hydrogen-bond acceptors (Lipinski definition) is 3. The van der Waals surface area contributed by atoms with Crippen molar-refractivity contribution in [3.63, 3.8) is 0 Å². The van der Waals surface area contributed by atoms with Gasteiger partial charge in [-0.2, -0.15) is 0 Å². The van der Waals surface area contributed by atoms with Crippen molar-refractivity contribution in [2.24, 2.45) is 0 Å². The molecule has 0 radical (unpaired) electrons. The van der Waals surface area contributed by atoms with Gasteiger partial charge in [0.05, 0.1) is 11.1 Å². The van der Waals surface area contributed by atoms with Gasteiger partial charge in [0.15, 0.2) is 0 Å². The minimum absolute atomic E-state index is 0.150. The lowest BCUT2D eigenvalue weighted by Gasteiger charge is -2.14. The maximum Gasteiger partial charge on any atom is 0.335 e. The average molecular weight is 459 g/mol. The summed E-state index contributed by atoms with van der Waals surface area (Å²) in [6.45, 7) is 0.162. The van der Waals surface area contributed by atoms with Crippen molar-refractivity contribution in [2.75, 3.05) is 0 Å². The van der Waals surface area contributed by atoms with Crippen LogP contribution in [0.4, 0.5) is 8.78 Å². The molecule has 0 aliphatic heterocycles. The molecular formula is C27H19F2NO4. The zero-order chi connectivity index (χ0) is 24.1. The zero-order valence-corrected chi connectivity index (χ0v) is 17.8. The van der Waals surface area contributed by atoms with E-state index in [0.29, 0.717) is 22.4 Å². The Kier molecular flexibility index (Phi) is 6.64. The van der Waals surface area contributed by atoms with Crippen LogP contribution < -0.4 is 10.1 Å². The van der Waals surface area contributed by atoms with Crippen molar-refractivity contribution in [3.05, 3.63) is 119 Å². The molecule has 1 amide bonds. The zero-order valence-electron chi connectivity index (χ0n) is 17.8. The summed E-state index contributed by atoms with van der Waals surface area (Å²) in [5.74, 6) is -1.62. The predicted octanol–water partition coefficient (Wildman–Crippen LogP) is 6.05. The number of ether oxygens (including phenoxy) is 1. The molecule has 0 aliphatic rings. The highest BCUT2D eigenvalue weighted by molar-refractivity contribution is 5.98. The normalized spacial score (nSPS) is 10.5. The molecule has 0 spiro atoms. The molecule has 0 aliphatic carbocycles. The number of carbonyl (C=O) groups excluding carboxylic acids is 1. The number of carboxylic acids is 1. The van der Waals surface area contributed by atoms with Gasteiger partial charge in [0, 0.05) is 6.54 Å². The lowest BCUT2D eigenvalue weighted by Crippen LogP contribution is -2.23. The highest BCUT2D eigenvalue weighted by Crippen LogP contribution is 2.30. The van der Waals surface area contributed by atoms with Crippen molar-refractivity contribution < 1.29 is 28.2 Å². The Bertz CT molecular complexity index is 1320. The van der Waals surface area contributed by atoms with Gasteiger partial charge in [-0.1, -0.05) is 30.3 Å². The summed E-state index contributed by atoms with van der Waals surface area (Å²) in [4.78, 5) is 24.1. The second kappa shape index (κ2) is 9.95. The van der Waals surface area contributed by atoms with Crippen LogP contribution in [0.5, 0.6) is 11.5 Å². The van der Waals surface area contributed by atoms with E-state index in [1.807, 2.05) is 0 Å². The molecule has 170 valence electrons. The van der Waals surface area contributed by atoms with Crippen molar-refractivity contribution in [3.8, 4) is 22.6 Å². The van der Waals surface area contributed by atoms with E-state index in [0.717, 1.165) is 0 Å². The third kappa shape index (κ3) is 5.45. The third-order valence-corrected chi connectivity index (χ3v) is 5.10. The Morgan fingerprint density at radius 1 is 0.765 bits per heavy atom. The Balaban J connectivity index is 1.61. The molecular weight excluding hydrogens is 440 g/mol. The van der Waals surface area contributed by atoms with Gasteiger partial charge in [-0.05, 0) is 77.4 Å². The molecule has 0 unspecified atom stereocenters. The van der Waals surface area contributed by atoms with Crippen molar-refractivity contribution in [1.29, 1.82) is 0 Å². The lowest BCUT2D eigenvalue weighted by molar-refractivity contribution is 0.0696.